The molecule has 0 spiro atoms. The van der Waals surface area contributed by atoms with Crippen LogP contribution in [0.4, 0.5) is 0 Å². The highest BCUT2D eigenvalue weighted by Gasteiger charge is 2.50. The van der Waals surface area contributed by atoms with E-state index in [9.17, 15) is 30.6 Å². The average molecular weight is 342 g/mol. The summed E-state index contributed by atoms with van der Waals surface area (Å²) in [7, 11) is 0. The lowest BCUT2D eigenvalue weighted by atomic mass is 9.97. The highest BCUT2D eigenvalue weighted by atomic mass is 16.7. The molecule has 2 saturated heterocycles. The van der Waals surface area contributed by atoms with E-state index in [1.807, 2.05) is 0 Å². The molecule has 0 amide bonds. The molecule has 136 valence electrons. The fraction of sp³-hybridized carbons (Fsp3) is 1.00. The molecule has 2 fully saturated rings. The molecule has 2 rings (SSSR count). The Kier molecular flexibility index (Phi) is 6.27. The summed E-state index contributed by atoms with van der Waals surface area (Å²) in [5.74, 6) is 0. The quantitative estimate of drug-likeness (QED) is 0.243. The van der Waals surface area contributed by atoms with Gasteiger partial charge in [0.15, 0.2) is 12.6 Å². The van der Waals surface area contributed by atoms with Gasteiger partial charge >= 0.3 is 0 Å². The van der Waals surface area contributed by atoms with Gasteiger partial charge in [-0.3, -0.25) is 0 Å². The summed E-state index contributed by atoms with van der Waals surface area (Å²) in [5, 5.41) is 76.8. The van der Waals surface area contributed by atoms with E-state index < -0.39 is 74.6 Å². The maximum absolute atomic E-state index is 10.00. The Morgan fingerprint density at radius 1 is 0.652 bits per heavy atom. The van der Waals surface area contributed by atoms with Gasteiger partial charge < -0.3 is 55.1 Å². The Morgan fingerprint density at radius 2 is 1.22 bits per heavy atom. The molecule has 0 aliphatic carbocycles. The van der Waals surface area contributed by atoms with Crippen LogP contribution in [0.2, 0.25) is 0 Å². The van der Waals surface area contributed by atoms with Crippen LogP contribution in [0, 0.1) is 0 Å². The summed E-state index contributed by atoms with van der Waals surface area (Å²) in [6, 6.07) is 0. The molecule has 8 N–H and O–H groups in total. The minimum absolute atomic E-state index is 0.667. The van der Waals surface area contributed by atoms with Crippen LogP contribution >= 0.6 is 0 Å². The fourth-order valence-electron chi connectivity index (χ4n) is 2.56. The Balaban J connectivity index is 2.11. The van der Waals surface area contributed by atoms with Crippen LogP contribution in [0.25, 0.3) is 0 Å². The Bertz CT molecular complexity index is 380. The molecule has 0 saturated carbocycles. The zero-order valence-corrected chi connectivity index (χ0v) is 12.0. The van der Waals surface area contributed by atoms with Crippen molar-refractivity contribution in [2.24, 2.45) is 0 Å². The van der Waals surface area contributed by atoms with Crippen molar-refractivity contribution in [3.63, 3.8) is 0 Å². The van der Waals surface area contributed by atoms with Crippen LogP contribution in [0.3, 0.4) is 0 Å². The van der Waals surface area contributed by atoms with Gasteiger partial charge in [0.25, 0.3) is 0 Å². The molecule has 23 heavy (non-hydrogen) atoms. The number of hydrogen-bond donors (Lipinski definition) is 8. The zero-order valence-electron chi connectivity index (χ0n) is 12.0. The lowest BCUT2D eigenvalue weighted by Crippen LogP contribution is -2.64. The van der Waals surface area contributed by atoms with Gasteiger partial charge in [-0.05, 0) is 0 Å². The Labute approximate surface area is 130 Å². The van der Waals surface area contributed by atoms with E-state index >= 15 is 0 Å². The zero-order chi connectivity index (χ0) is 17.3. The summed E-state index contributed by atoms with van der Waals surface area (Å²) < 4.78 is 15.1. The molecule has 0 aromatic carbocycles. The van der Waals surface area contributed by atoms with Crippen molar-refractivity contribution >= 4 is 0 Å². The summed E-state index contributed by atoms with van der Waals surface area (Å²) in [6.45, 7) is -1.34. The van der Waals surface area contributed by atoms with Gasteiger partial charge in [-0.1, -0.05) is 0 Å². The smallest absolute Gasteiger partial charge is 0.187 e. The summed E-state index contributed by atoms with van der Waals surface area (Å²) in [4.78, 5) is 0. The maximum Gasteiger partial charge on any atom is 0.187 e. The molecule has 5 unspecified atom stereocenters. The van der Waals surface area contributed by atoms with Crippen LogP contribution < -0.4 is 0 Å². The molecule has 11 nitrogen and oxygen atoms in total. The van der Waals surface area contributed by atoms with Crippen molar-refractivity contribution in [1.29, 1.82) is 0 Å². The van der Waals surface area contributed by atoms with E-state index in [0.717, 1.165) is 0 Å². The normalized spacial score (nSPS) is 51.7. The first-order valence-corrected chi connectivity index (χ1v) is 7.08. The predicted molar refractivity (Wildman–Crippen MR) is 68.6 cm³/mol. The maximum atomic E-state index is 10.00. The van der Waals surface area contributed by atoms with Crippen LogP contribution in [-0.2, 0) is 14.2 Å². The third kappa shape index (κ3) is 3.65. The SMILES string of the molecule is OCC1O[C@@H](O[C@@H]2C(O)C(O)OC(CO)[C@@H]2O)C(O)[C@@H](O)[C@H]1O. The summed E-state index contributed by atoms with van der Waals surface area (Å²) in [6.07, 6.45) is -15.7. The van der Waals surface area contributed by atoms with Crippen LogP contribution in [0.15, 0.2) is 0 Å². The molecule has 10 atom stereocenters. The van der Waals surface area contributed by atoms with Gasteiger partial charge in [0, 0.05) is 0 Å². The topological polar surface area (TPSA) is 190 Å². The van der Waals surface area contributed by atoms with E-state index in [1.54, 1.807) is 0 Å². The van der Waals surface area contributed by atoms with E-state index in [1.165, 1.54) is 0 Å². The van der Waals surface area contributed by atoms with Gasteiger partial charge in [-0.25, -0.2) is 0 Å². The molecule has 2 aliphatic heterocycles. The molecule has 2 aliphatic rings. The first-order chi connectivity index (χ1) is 10.8. The van der Waals surface area contributed by atoms with E-state index in [0.29, 0.717) is 0 Å². The van der Waals surface area contributed by atoms with E-state index in [4.69, 9.17) is 24.4 Å². The highest BCUT2D eigenvalue weighted by molar-refractivity contribution is 4.93. The van der Waals surface area contributed by atoms with E-state index in [-0.39, 0.29) is 0 Å². The first-order valence-electron chi connectivity index (χ1n) is 7.08. The van der Waals surface area contributed by atoms with Crippen molar-refractivity contribution in [3.05, 3.63) is 0 Å². The first kappa shape index (κ1) is 18.9. The molecule has 0 aromatic rings. The lowest BCUT2D eigenvalue weighted by Gasteiger charge is -2.45. The number of rotatable bonds is 4. The molecule has 0 aromatic heterocycles. The summed E-state index contributed by atoms with van der Waals surface area (Å²) in [5.41, 5.74) is 0. The second kappa shape index (κ2) is 7.63. The van der Waals surface area contributed by atoms with Gasteiger partial charge in [0.1, 0.15) is 48.8 Å². The van der Waals surface area contributed by atoms with Crippen molar-refractivity contribution < 1.29 is 55.1 Å². The van der Waals surface area contributed by atoms with Crippen molar-refractivity contribution in [2.45, 2.75) is 61.4 Å². The molecule has 2 heterocycles. The van der Waals surface area contributed by atoms with Crippen molar-refractivity contribution in [2.75, 3.05) is 13.2 Å². The number of aliphatic hydroxyl groups excluding tert-OH is 8. The standard InChI is InChI=1S/C12H22O11/c13-1-3-5(15)7(17)8(18)12(22-3)23-10-6(16)4(2-14)21-11(20)9(10)19/h3-20H,1-2H2/t3?,4?,5-,6-,7-,8?,9?,10-,11?,12-/m0/s1. The third-order valence-corrected chi connectivity index (χ3v) is 3.98. The molecule has 0 radical (unpaired) electrons. The predicted octanol–water partition coefficient (Wildman–Crippen LogP) is -5.40. The molecule has 0 bridgehead atoms. The molecular weight excluding hydrogens is 320 g/mol. The second-order valence-corrected chi connectivity index (χ2v) is 5.53. The average Bonchev–Trinajstić information content (AvgIpc) is 2.54. The van der Waals surface area contributed by atoms with Gasteiger partial charge in [-0.2, -0.15) is 0 Å². The number of ether oxygens (including phenoxy) is 3. The van der Waals surface area contributed by atoms with Gasteiger partial charge in [0.2, 0.25) is 0 Å². The van der Waals surface area contributed by atoms with Crippen molar-refractivity contribution in [1.82, 2.24) is 0 Å². The fourth-order valence-corrected chi connectivity index (χ4v) is 2.56. The van der Waals surface area contributed by atoms with Crippen molar-refractivity contribution in [3.8, 4) is 0 Å². The second-order valence-electron chi connectivity index (χ2n) is 5.53. The summed E-state index contributed by atoms with van der Waals surface area (Å²) >= 11 is 0. The van der Waals surface area contributed by atoms with Gasteiger partial charge in [0.05, 0.1) is 13.2 Å². The monoisotopic (exact) mass is 342 g/mol. The van der Waals surface area contributed by atoms with Gasteiger partial charge in [-0.15, -0.1) is 0 Å². The number of aliphatic hydroxyl groups is 8. The minimum atomic E-state index is -1.76. The number of hydrogen-bond acceptors (Lipinski definition) is 11. The highest BCUT2D eigenvalue weighted by Crippen LogP contribution is 2.28. The largest absolute Gasteiger partial charge is 0.394 e. The Hall–Kier alpha value is -0.440. The van der Waals surface area contributed by atoms with Crippen LogP contribution in [0.5, 0.6) is 0 Å². The van der Waals surface area contributed by atoms with Crippen LogP contribution in [-0.4, -0.2) is 115 Å². The van der Waals surface area contributed by atoms with E-state index in [2.05, 4.69) is 0 Å². The minimum Gasteiger partial charge on any atom is -0.394 e. The third-order valence-electron chi connectivity index (χ3n) is 3.98. The lowest BCUT2D eigenvalue weighted by molar-refractivity contribution is -0.355. The molecular formula is C12H22O11. The molecule has 11 heteroatoms. The van der Waals surface area contributed by atoms with Crippen LogP contribution in [0.1, 0.15) is 0 Å². The Morgan fingerprint density at radius 3 is 1.78 bits per heavy atom.